The number of carbonyl (C=O) groups excluding carboxylic acids is 1. The van der Waals surface area contributed by atoms with E-state index in [1.165, 1.54) is 4.90 Å². The Hall–Kier alpha value is -3.33. The summed E-state index contributed by atoms with van der Waals surface area (Å²) in [6.45, 7) is 0.158. The van der Waals surface area contributed by atoms with Crippen LogP contribution in [0.1, 0.15) is 16.9 Å². The van der Waals surface area contributed by atoms with E-state index in [1.807, 2.05) is 0 Å². The molecule has 150 valence electrons. The maximum atomic E-state index is 13.3. The van der Waals surface area contributed by atoms with Gasteiger partial charge < -0.3 is 19.7 Å². The molecule has 2 N–H and O–H groups in total. The molecule has 1 amide bonds. The van der Waals surface area contributed by atoms with Crippen molar-refractivity contribution in [2.45, 2.75) is 18.6 Å². The molecule has 0 aliphatic carbocycles. The number of likely N-dealkylation sites (tertiary alicyclic amines) is 1. The summed E-state index contributed by atoms with van der Waals surface area (Å²) in [6, 6.07) is 9.59. The molecule has 4 rings (SSSR count). The fourth-order valence-corrected chi connectivity index (χ4v) is 3.42. The van der Waals surface area contributed by atoms with E-state index in [-0.39, 0.29) is 31.0 Å². The number of aromatic nitrogens is 2. The van der Waals surface area contributed by atoms with Gasteiger partial charge in [-0.25, -0.2) is 13.6 Å². The average molecular weight is 401 g/mol. The van der Waals surface area contributed by atoms with Gasteiger partial charge in [0.05, 0.1) is 12.1 Å². The predicted octanol–water partition coefficient (Wildman–Crippen LogP) is 1.86. The second-order valence-electron chi connectivity index (χ2n) is 6.80. The molecule has 2 atom stereocenters. The summed E-state index contributed by atoms with van der Waals surface area (Å²) >= 11 is 0. The summed E-state index contributed by atoms with van der Waals surface area (Å²) in [6.07, 6.45) is -1.57. The number of para-hydroxylation sites is 1. The first-order chi connectivity index (χ1) is 13.9. The normalized spacial score (nSPS) is 19.3. The van der Waals surface area contributed by atoms with E-state index < -0.39 is 35.4 Å². The quantitative estimate of drug-likeness (QED) is 0.699. The van der Waals surface area contributed by atoms with Crippen molar-refractivity contribution in [3.05, 3.63) is 70.3 Å². The third kappa shape index (κ3) is 3.95. The van der Waals surface area contributed by atoms with Crippen LogP contribution in [0.5, 0.6) is 5.75 Å². The van der Waals surface area contributed by atoms with Gasteiger partial charge in [-0.1, -0.05) is 18.2 Å². The molecular weight excluding hydrogens is 384 g/mol. The second kappa shape index (κ2) is 7.59. The lowest BCUT2D eigenvalue weighted by Gasteiger charge is -2.35. The van der Waals surface area contributed by atoms with Crippen LogP contribution in [-0.4, -0.2) is 51.2 Å². The van der Waals surface area contributed by atoms with Crippen molar-refractivity contribution < 1.29 is 23.4 Å². The molecular formula is C20H17F2N3O4. The SMILES string of the molecule is O=C(c1nc(=O)[nH]c2ccccc12)N1CC[C@@H](Oc2cc(F)cc(F)c2)[C@H](O)C1. The number of hydrogen-bond donors (Lipinski definition) is 2. The van der Waals surface area contributed by atoms with Crippen molar-refractivity contribution in [3.63, 3.8) is 0 Å². The summed E-state index contributed by atoms with van der Waals surface area (Å²) in [4.78, 5) is 32.5. The average Bonchev–Trinajstić information content (AvgIpc) is 2.67. The number of β-amino-alcohol motifs (C(OH)–C–C–N with tert-alkyl or cyclic N) is 1. The smallest absolute Gasteiger partial charge is 0.346 e. The van der Waals surface area contributed by atoms with Crippen LogP contribution in [-0.2, 0) is 0 Å². The molecule has 1 fully saturated rings. The largest absolute Gasteiger partial charge is 0.487 e. The summed E-state index contributed by atoms with van der Waals surface area (Å²) in [5.74, 6) is -2.08. The van der Waals surface area contributed by atoms with Crippen LogP contribution in [0.4, 0.5) is 8.78 Å². The summed E-state index contributed by atoms with van der Waals surface area (Å²) in [5, 5.41) is 10.9. The van der Waals surface area contributed by atoms with Crippen molar-refractivity contribution >= 4 is 16.8 Å². The molecule has 0 spiro atoms. The van der Waals surface area contributed by atoms with Gasteiger partial charge in [-0.15, -0.1) is 0 Å². The van der Waals surface area contributed by atoms with Crippen LogP contribution in [0.25, 0.3) is 10.9 Å². The Bertz CT molecular complexity index is 1110. The number of benzene rings is 2. The van der Waals surface area contributed by atoms with Gasteiger partial charge in [0.1, 0.15) is 35.3 Å². The number of aliphatic hydroxyl groups is 1. The molecule has 29 heavy (non-hydrogen) atoms. The predicted molar refractivity (Wildman–Crippen MR) is 99.7 cm³/mol. The molecule has 2 aromatic carbocycles. The first kappa shape index (κ1) is 19.0. The molecule has 1 aliphatic heterocycles. The topological polar surface area (TPSA) is 95.5 Å². The third-order valence-electron chi connectivity index (χ3n) is 4.77. The molecule has 1 saturated heterocycles. The third-order valence-corrected chi connectivity index (χ3v) is 4.77. The summed E-state index contributed by atoms with van der Waals surface area (Å²) in [7, 11) is 0. The number of ether oxygens (including phenoxy) is 1. The molecule has 0 radical (unpaired) electrons. The molecule has 1 aromatic heterocycles. The number of aromatic amines is 1. The minimum atomic E-state index is -1.08. The maximum absolute atomic E-state index is 13.3. The molecule has 1 aliphatic rings. The van der Waals surface area contributed by atoms with E-state index in [4.69, 9.17) is 4.74 Å². The van der Waals surface area contributed by atoms with Gasteiger partial charge in [-0.05, 0) is 6.07 Å². The summed E-state index contributed by atoms with van der Waals surface area (Å²) < 4.78 is 32.2. The molecule has 7 nitrogen and oxygen atoms in total. The summed E-state index contributed by atoms with van der Waals surface area (Å²) in [5.41, 5.74) is -0.148. The number of fused-ring (bicyclic) bond motifs is 1. The molecule has 2 heterocycles. The van der Waals surface area contributed by atoms with Gasteiger partial charge in [0, 0.05) is 36.6 Å². The molecule has 0 saturated carbocycles. The van der Waals surface area contributed by atoms with Crippen molar-refractivity contribution in [1.29, 1.82) is 0 Å². The highest BCUT2D eigenvalue weighted by atomic mass is 19.1. The fraction of sp³-hybridized carbons (Fsp3) is 0.250. The highest BCUT2D eigenvalue weighted by Gasteiger charge is 2.33. The lowest BCUT2D eigenvalue weighted by Crippen LogP contribution is -2.51. The Labute approximate surface area is 163 Å². The zero-order valence-corrected chi connectivity index (χ0v) is 15.1. The van der Waals surface area contributed by atoms with Crippen molar-refractivity contribution in [1.82, 2.24) is 14.9 Å². The van der Waals surface area contributed by atoms with Crippen LogP contribution in [0.2, 0.25) is 0 Å². The number of carbonyl (C=O) groups is 1. The van der Waals surface area contributed by atoms with E-state index >= 15 is 0 Å². The van der Waals surface area contributed by atoms with Crippen LogP contribution in [0, 0.1) is 11.6 Å². The number of piperidine rings is 1. The van der Waals surface area contributed by atoms with E-state index in [0.29, 0.717) is 10.9 Å². The fourth-order valence-electron chi connectivity index (χ4n) is 3.42. The number of H-pyrrole nitrogens is 1. The molecule has 0 unspecified atom stereocenters. The Morgan fingerprint density at radius 1 is 1.21 bits per heavy atom. The number of amides is 1. The minimum Gasteiger partial charge on any atom is -0.487 e. The number of rotatable bonds is 3. The van der Waals surface area contributed by atoms with Gasteiger partial charge >= 0.3 is 5.69 Å². The molecule has 9 heteroatoms. The van der Waals surface area contributed by atoms with Gasteiger partial charge in [0.15, 0.2) is 0 Å². The zero-order chi connectivity index (χ0) is 20.5. The van der Waals surface area contributed by atoms with Gasteiger partial charge in [-0.2, -0.15) is 4.98 Å². The lowest BCUT2D eigenvalue weighted by molar-refractivity contribution is -0.0201. The number of nitrogens with one attached hydrogen (secondary N) is 1. The second-order valence-corrected chi connectivity index (χ2v) is 6.80. The van der Waals surface area contributed by atoms with E-state index in [0.717, 1.165) is 18.2 Å². The van der Waals surface area contributed by atoms with Crippen molar-refractivity contribution in [3.8, 4) is 5.75 Å². The Morgan fingerprint density at radius 3 is 2.66 bits per heavy atom. The number of hydrogen-bond acceptors (Lipinski definition) is 5. The molecule has 0 bridgehead atoms. The Kier molecular flexibility index (Phi) is 4.98. The van der Waals surface area contributed by atoms with Crippen molar-refractivity contribution in [2.24, 2.45) is 0 Å². The first-order valence-corrected chi connectivity index (χ1v) is 9.00. The lowest BCUT2D eigenvalue weighted by atomic mass is 10.0. The first-order valence-electron chi connectivity index (χ1n) is 9.00. The minimum absolute atomic E-state index is 0.00289. The maximum Gasteiger partial charge on any atom is 0.346 e. The van der Waals surface area contributed by atoms with Gasteiger partial charge in [0.2, 0.25) is 0 Å². The van der Waals surface area contributed by atoms with E-state index in [2.05, 4.69) is 9.97 Å². The Morgan fingerprint density at radius 2 is 1.93 bits per heavy atom. The number of aliphatic hydroxyl groups excluding tert-OH is 1. The van der Waals surface area contributed by atoms with Crippen LogP contribution in [0.15, 0.2) is 47.3 Å². The highest BCUT2D eigenvalue weighted by molar-refractivity contribution is 6.04. The van der Waals surface area contributed by atoms with Crippen LogP contribution in [0.3, 0.4) is 0 Å². The number of halogens is 2. The molecule has 3 aromatic rings. The van der Waals surface area contributed by atoms with E-state index in [1.54, 1.807) is 24.3 Å². The van der Waals surface area contributed by atoms with E-state index in [9.17, 15) is 23.5 Å². The van der Waals surface area contributed by atoms with Crippen LogP contribution >= 0.6 is 0 Å². The Balaban J connectivity index is 1.51. The monoisotopic (exact) mass is 401 g/mol. The highest BCUT2D eigenvalue weighted by Crippen LogP contribution is 2.23. The van der Waals surface area contributed by atoms with Gasteiger partial charge in [-0.3, -0.25) is 4.79 Å². The zero-order valence-electron chi connectivity index (χ0n) is 15.1. The van der Waals surface area contributed by atoms with Crippen molar-refractivity contribution in [2.75, 3.05) is 13.1 Å². The van der Waals surface area contributed by atoms with Gasteiger partial charge in [0.25, 0.3) is 5.91 Å². The van der Waals surface area contributed by atoms with Crippen LogP contribution < -0.4 is 10.4 Å². The number of nitrogens with zero attached hydrogens (tertiary/aromatic N) is 2. The standard InChI is InChI=1S/C20H17F2N3O4/c21-11-7-12(22)9-13(8-11)29-17-5-6-25(10-16(17)26)19(27)18-14-3-1-2-4-15(14)23-20(28)24-18/h1-4,7-9,16-17,26H,5-6,10H2,(H,23,24,28)/t16-,17-/m1/s1.